The van der Waals surface area contributed by atoms with Gasteiger partial charge in [-0.15, -0.1) is 0 Å². The van der Waals surface area contributed by atoms with Gasteiger partial charge in [-0.3, -0.25) is 4.79 Å². The summed E-state index contributed by atoms with van der Waals surface area (Å²) in [6.07, 6.45) is 3.47. The minimum Gasteiger partial charge on any atom is -0.494 e. The van der Waals surface area contributed by atoms with Crippen LogP contribution in [0.25, 0.3) is 6.08 Å². The molecule has 0 atom stereocenters. The van der Waals surface area contributed by atoms with E-state index in [1.54, 1.807) is 24.3 Å². The molecule has 0 saturated heterocycles. The summed E-state index contributed by atoms with van der Waals surface area (Å²) in [5, 5.41) is 0. The van der Waals surface area contributed by atoms with Crippen LogP contribution in [0.3, 0.4) is 0 Å². The van der Waals surface area contributed by atoms with Gasteiger partial charge in [0.05, 0.1) is 7.11 Å². The lowest BCUT2D eigenvalue weighted by molar-refractivity contribution is -0.117. The maximum atomic E-state index is 13.0. The molecule has 1 aromatic carbocycles. The highest BCUT2D eigenvalue weighted by Crippen LogP contribution is 2.18. The second kappa shape index (κ2) is 5.14. The molecule has 0 aliphatic carbocycles. The first-order chi connectivity index (χ1) is 7.13. The molecule has 3 nitrogen and oxygen atoms in total. The van der Waals surface area contributed by atoms with Crippen molar-refractivity contribution in [2.75, 3.05) is 7.11 Å². The average Bonchev–Trinajstić information content (AvgIpc) is 2.20. The number of ether oxygens (including phenoxy) is 1. The van der Waals surface area contributed by atoms with Crippen LogP contribution < -0.4 is 10.5 Å². The van der Waals surface area contributed by atoms with Gasteiger partial charge in [0.1, 0.15) is 0 Å². The van der Waals surface area contributed by atoms with E-state index in [-0.39, 0.29) is 12.2 Å². The second-order valence-corrected chi connectivity index (χ2v) is 2.97. The number of rotatable bonds is 4. The summed E-state index contributed by atoms with van der Waals surface area (Å²) in [5.41, 5.74) is 5.72. The predicted octanol–water partition coefficient (Wildman–Crippen LogP) is 1.72. The normalized spacial score (nSPS) is 10.5. The molecule has 1 rings (SSSR count). The predicted molar refractivity (Wildman–Crippen MR) is 55.8 cm³/mol. The molecule has 0 unspecified atom stereocenters. The third-order valence-electron chi connectivity index (χ3n) is 1.80. The lowest BCUT2D eigenvalue weighted by Gasteiger charge is -2.02. The molecule has 0 bridgehead atoms. The number of hydrogen-bond acceptors (Lipinski definition) is 2. The monoisotopic (exact) mass is 209 g/mol. The molecule has 0 aliphatic rings. The first kappa shape index (κ1) is 11.2. The van der Waals surface area contributed by atoms with Gasteiger partial charge in [-0.1, -0.05) is 18.2 Å². The third-order valence-corrected chi connectivity index (χ3v) is 1.80. The summed E-state index contributed by atoms with van der Waals surface area (Å²) >= 11 is 0. The van der Waals surface area contributed by atoms with Crippen LogP contribution >= 0.6 is 0 Å². The van der Waals surface area contributed by atoms with Gasteiger partial charge in [0.15, 0.2) is 11.6 Å². The number of primary amides is 1. The quantitative estimate of drug-likeness (QED) is 0.820. The van der Waals surface area contributed by atoms with Gasteiger partial charge in [0.25, 0.3) is 0 Å². The van der Waals surface area contributed by atoms with Gasteiger partial charge in [0.2, 0.25) is 5.91 Å². The van der Waals surface area contributed by atoms with Crippen LogP contribution in [0.1, 0.15) is 12.0 Å². The molecule has 0 heterocycles. The Kier molecular flexibility index (Phi) is 3.85. The van der Waals surface area contributed by atoms with Crippen molar-refractivity contribution in [1.82, 2.24) is 0 Å². The van der Waals surface area contributed by atoms with E-state index in [4.69, 9.17) is 10.5 Å². The van der Waals surface area contributed by atoms with Crippen LogP contribution in [0, 0.1) is 5.82 Å². The molecule has 0 saturated carbocycles. The van der Waals surface area contributed by atoms with Gasteiger partial charge >= 0.3 is 0 Å². The van der Waals surface area contributed by atoms with E-state index in [0.29, 0.717) is 0 Å². The van der Waals surface area contributed by atoms with Gasteiger partial charge < -0.3 is 10.5 Å². The van der Waals surface area contributed by atoms with Crippen molar-refractivity contribution >= 4 is 12.0 Å². The van der Waals surface area contributed by atoms with Crippen LogP contribution in [0.5, 0.6) is 5.75 Å². The number of nitrogens with two attached hydrogens (primary N) is 1. The van der Waals surface area contributed by atoms with Crippen LogP contribution in [-0.4, -0.2) is 13.0 Å². The minimum absolute atomic E-state index is 0.166. The summed E-state index contributed by atoms with van der Waals surface area (Å²) in [5.74, 6) is -0.638. The SMILES string of the molecule is COc1cc(C=CCC(N)=O)ccc1F. The molecule has 1 amide bonds. The number of carbonyl (C=O) groups excluding carboxylic acids is 1. The average molecular weight is 209 g/mol. The minimum atomic E-state index is -0.412. The summed E-state index contributed by atoms with van der Waals surface area (Å²) in [6.45, 7) is 0. The Morgan fingerprint density at radius 3 is 2.93 bits per heavy atom. The van der Waals surface area contributed by atoms with Crippen LogP contribution in [-0.2, 0) is 4.79 Å². The second-order valence-electron chi connectivity index (χ2n) is 2.97. The summed E-state index contributed by atoms with van der Waals surface area (Å²) in [4.78, 5) is 10.5. The Morgan fingerprint density at radius 2 is 2.33 bits per heavy atom. The van der Waals surface area contributed by atoms with Crippen molar-refractivity contribution < 1.29 is 13.9 Å². The fraction of sp³-hybridized carbons (Fsp3) is 0.182. The molecule has 2 N–H and O–H groups in total. The highest BCUT2D eigenvalue weighted by molar-refractivity contribution is 5.76. The zero-order chi connectivity index (χ0) is 11.3. The maximum Gasteiger partial charge on any atom is 0.221 e. The molecule has 80 valence electrons. The van der Waals surface area contributed by atoms with Crippen LogP contribution in [0.2, 0.25) is 0 Å². The van der Waals surface area contributed by atoms with Gasteiger partial charge in [-0.2, -0.15) is 0 Å². The van der Waals surface area contributed by atoms with Crippen molar-refractivity contribution in [3.05, 3.63) is 35.7 Å². The van der Waals surface area contributed by atoms with Crippen molar-refractivity contribution in [2.24, 2.45) is 5.73 Å². The van der Waals surface area contributed by atoms with Crippen molar-refractivity contribution in [3.63, 3.8) is 0 Å². The summed E-state index contributed by atoms with van der Waals surface area (Å²) < 4.78 is 17.8. The van der Waals surface area contributed by atoms with E-state index < -0.39 is 11.7 Å². The van der Waals surface area contributed by atoms with Crippen LogP contribution in [0.15, 0.2) is 24.3 Å². The number of hydrogen-bond donors (Lipinski definition) is 1. The lowest BCUT2D eigenvalue weighted by atomic mass is 10.2. The molecule has 15 heavy (non-hydrogen) atoms. The first-order valence-electron chi connectivity index (χ1n) is 4.42. The third kappa shape index (κ3) is 3.42. The zero-order valence-corrected chi connectivity index (χ0v) is 8.37. The summed E-state index contributed by atoms with van der Waals surface area (Å²) in [6, 6.07) is 4.45. The molecule has 0 aliphatic heterocycles. The molecule has 0 radical (unpaired) electrons. The molecule has 0 aromatic heterocycles. The Hall–Kier alpha value is -1.84. The van der Waals surface area contributed by atoms with E-state index >= 15 is 0 Å². The highest BCUT2D eigenvalue weighted by Gasteiger charge is 2.01. The van der Waals surface area contributed by atoms with Gasteiger partial charge in [0, 0.05) is 6.42 Å². The fourth-order valence-corrected chi connectivity index (χ4v) is 1.09. The molecule has 4 heteroatoms. The molecule has 0 fully saturated rings. The Bertz CT molecular complexity index is 388. The smallest absolute Gasteiger partial charge is 0.221 e. The maximum absolute atomic E-state index is 13.0. The Labute approximate surface area is 87.3 Å². The largest absolute Gasteiger partial charge is 0.494 e. The van der Waals surface area contributed by atoms with E-state index in [1.807, 2.05) is 0 Å². The number of methoxy groups -OCH3 is 1. The van der Waals surface area contributed by atoms with E-state index in [0.717, 1.165) is 5.56 Å². The van der Waals surface area contributed by atoms with Crippen LogP contribution in [0.4, 0.5) is 4.39 Å². The molecular weight excluding hydrogens is 197 g/mol. The first-order valence-corrected chi connectivity index (χ1v) is 4.42. The number of benzene rings is 1. The van der Waals surface area contributed by atoms with E-state index in [9.17, 15) is 9.18 Å². The van der Waals surface area contributed by atoms with Crippen molar-refractivity contribution in [2.45, 2.75) is 6.42 Å². The Balaban J connectivity index is 2.78. The lowest BCUT2D eigenvalue weighted by Crippen LogP contribution is -2.07. The van der Waals surface area contributed by atoms with Crippen molar-refractivity contribution in [1.29, 1.82) is 0 Å². The highest BCUT2D eigenvalue weighted by atomic mass is 19.1. The topological polar surface area (TPSA) is 52.3 Å². The van der Waals surface area contributed by atoms with E-state index in [2.05, 4.69) is 0 Å². The number of amides is 1. The Morgan fingerprint density at radius 1 is 1.60 bits per heavy atom. The number of carbonyl (C=O) groups is 1. The van der Waals surface area contributed by atoms with E-state index in [1.165, 1.54) is 13.2 Å². The standard InChI is InChI=1S/C11H12FNO2/c1-15-10-7-8(5-6-9(10)12)3-2-4-11(13)14/h2-3,5-7H,4H2,1H3,(H2,13,14). The molecule has 1 aromatic rings. The molecular formula is C11H12FNO2. The zero-order valence-electron chi connectivity index (χ0n) is 8.37. The van der Waals surface area contributed by atoms with Gasteiger partial charge in [-0.05, 0) is 17.7 Å². The van der Waals surface area contributed by atoms with Gasteiger partial charge in [-0.25, -0.2) is 4.39 Å². The summed E-state index contributed by atoms with van der Waals surface area (Å²) in [7, 11) is 1.40. The number of halogens is 1. The fourth-order valence-electron chi connectivity index (χ4n) is 1.09. The molecule has 0 spiro atoms. The van der Waals surface area contributed by atoms with Crippen molar-refractivity contribution in [3.8, 4) is 5.75 Å².